The van der Waals surface area contributed by atoms with E-state index in [1.165, 1.54) is 29.0 Å². The molecule has 7 heteroatoms. The molecule has 0 bridgehead atoms. The Bertz CT molecular complexity index is 839. The highest BCUT2D eigenvalue weighted by Crippen LogP contribution is 2.35. The SMILES string of the molecule is O=Cc1sc(C(O)c2ccsc2)cc1/N=C\Nc1ccc(O)cc1. The summed E-state index contributed by atoms with van der Waals surface area (Å²) >= 11 is 2.74. The normalized spacial score (nSPS) is 12.4. The van der Waals surface area contributed by atoms with Gasteiger partial charge >= 0.3 is 0 Å². The molecule has 0 aliphatic rings. The number of aliphatic imine (C=N–C) groups is 1. The van der Waals surface area contributed by atoms with Crippen molar-refractivity contribution in [2.24, 2.45) is 4.99 Å². The number of benzene rings is 1. The Balaban J connectivity index is 1.76. The molecular weight excluding hydrogens is 344 g/mol. The number of hydrogen-bond donors (Lipinski definition) is 3. The largest absolute Gasteiger partial charge is 0.508 e. The Morgan fingerprint density at radius 1 is 1.21 bits per heavy atom. The number of anilines is 1. The van der Waals surface area contributed by atoms with Crippen LogP contribution in [0.2, 0.25) is 0 Å². The van der Waals surface area contributed by atoms with Crippen LogP contribution in [0.4, 0.5) is 11.4 Å². The zero-order valence-electron chi connectivity index (χ0n) is 12.4. The maximum Gasteiger partial charge on any atom is 0.162 e. The number of hydrogen-bond acceptors (Lipinski definition) is 6. The molecule has 0 saturated heterocycles. The van der Waals surface area contributed by atoms with Gasteiger partial charge in [0.2, 0.25) is 0 Å². The van der Waals surface area contributed by atoms with Crippen LogP contribution in [0.15, 0.2) is 52.2 Å². The first-order valence-electron chi connectivity index (χ1n) is 7.04. The fraction of sp³-hybridized carbons (Fsp3) is 0.0588. The summed E-state index contributed by atoms with van der Waals surface area (Å²) in [6.45, 7) is 0. The molecule has 2 heterocycles. The summed E-state index contributed by atoms with van der Waals surface area (Å²) in [7, 11) is 0. The Kier molecular flexibility index (Phi) is 5.05. The van der Waals surface area contributed by atoms with Crippen LogP contribution in [-0.2, 0) is 0 Å². The number of aldehydes is 1. The van der Waals surface area contributed by atoms with Crippen molar-refractivity contribution in [3.63, 3.8) is 0 Å². The van der Waals surface area contributed by atoms with Crippen molar-refractivity contribution in [3.05, 3.63) is 62.5 Å². The predicted octanol–water partition coefficient (Wildman–Crippen LogP) is 4.18. The van der Waals surface area contributed by atoms with E-state index in [4.69, 9.17) is 0 Å². The second-order valence-corrected chi connectivity index (χ2v) is 6.82. The maximum absolute atomic E-state index is 11.2. The number of thiophene rings is 2. The third-order valence-electron chi connectivity index (χ3n) is 3.30. The van der Waals surface area contributed by atoms with Crippen LogP contribution < -0.4 is 5.32 Å². The van der Waals surface area contributed by atoms with Crippen molar-refractivity contribution in [1.82, 2.24) is 0 Å². The van der Waals surface area contributed by atoms with Gasteiger partial charge in [0, 0.05) is 10.6 Å². The number of aliphatic hydroxyl groups is 1. The molecule has 1 aromatic carbocycles. The number of phenolic OH excluding ortho intramolecular Hbond substituents is 1. The number of aliphatic hydroxyl groups excluding tert-OH is 1. The molecule has 3 aromatic rings. The van der Waals surface area contributed by atoms with E-state index in [2.05, 4.69) is 10.3 Å². The molecule has 0 fully saturated rings. The number of nitrogens with zero attached hydrogens (tertiary/aromatic N) is 1. The Hall–Kier alpha value is -2.48. The highest BCUT2D eigenvalue weighted by atomic mass is 32.1. The van der Waals surface area contributed by atoms with E-state index in [-0.39, 0.29) is 5.75 Å². The number of carbonyl (C=O) groups is 1. The zero-order chi connectivity index (χ0) is 16.9. The zero-order valence-corrected chi connectivity index (χ0v) is 14.1. The molecule has 0 saturated carbocycles. The van der Waals surface area contributed by atoms with Gasteiger partial charge in [0.15, 0.2) is 6.29 Å². The summed E-state index contributed by atoms with van der Waals surface area (Å²) in [6, 6.07) is 10.1. The van der Waals surface area contributed by atoms with Crippen molar-refractivity contribution >= 4 is 46.7 Å². The maximum atomic E-state index is 11.2. The molecule has 0 spiro atoms. The van der Waals surface area contributed by atoms with Crippen LogP contribution in [0.5, 0.6) is 5.75 Å². The van der Waals surface area contributed by atoms with Gasteiger partial charge in [0.1, 0.15) is 11.9 Å². The van der Waals surface area contributed by atoms with Crippen LogP contribution in [0.25, 0.3) is 0 Å². The molecule has 1 atom stereocenters. The number of rotatable bonds is 6. The predicted molar refractivity (Wildman–Crippen MR) is 98.0 cm³/mol. The van der Waals surface area contributed by atoms with Crippen molar-refractivity contribution < 1.29 is 15.0 Å². The lowest BCUT2D eigenvalue weighted by Crippen LogP contribution is -1.94. The topological polar surface area (TPSA) is 81.9 Å². The summed E-state index contributed by atoms with van der Waals surface area (Å²) in [6.07, 6.45) is 1.46. The van der Waals surface area contributed by atoms with Crippen LogP contribution >= 0.6 is 22.7 Å². The first-order chi connectivity index (χ1) is 11.7. The third kappa shape index (κ3) is 3.70. The average molecular weight is 358 g/mol. The van der Waals surface area contributed by atoms with Gasteiger partial charge in [0.25, 0.3) is 0 Å². The van der Waals surface area contributed by atoms with Crippen LogP contribution in [0.1, 0.15) is 26.2 Å². The minimum Gasteiger partial charge on any atom is -0.508 e. The second-order valence-electron chi connectivity index (χ2n) is 4.92. The summed E-state index contributed by atoms with van der Waals surface area (Å²) in [5, 5.41) is 26.3. The van der Waals surface area contributed by atoms with Gasteiger partial charge in [-0.1, -0.05) is 0 Å². The highest BCUT2D eigenvalue weighted by Gasteiger charge is 2.16. The van der Waals surface area contributed by atoms with E-state index in [0.29, 0.717) is 15.4 Å². The highest BCUT2D eigenvalue weighted by molar-refractivity contribution is 7.14. The quantitative estimate of drug-likeness (QED) is 0.267. The lowest BCUT2D eigenvalue weighted by molar-refractivity contribution is 0.112. The molecule has 3 N–H and O–H groups in total. The molecule has 0 radical (unpaired) electrons. The van der Waals surface area contributed by atoms with E-state index in [9.17, 15) is 15.0 Å². The van der Waals surface area contributed by atoms with E-state index in [1.54, 1.807) is 30.3 Å². The number of phenols is 1. The van der Waals surface area contributed by atoms with Gasteiger partial charge < -0.3 is 15.5 Å². The van der Waals surface area contributed by atoms with Crippen molar-refractivity contribution in [2.45, 2.75) is 6.10 Å². The molecule has 122 valence electrons. The van der Waals surface area contributed by atoms with Gasteiger partial charge in [-0.25, -0.2) is 4.99 Å². The molecule has 0 aliphatic heterocycles. The van der Waals surface area contributed by atoms with Crippen LogP contribution in [0, 0.1) is 0 Å². The molecule has 24 heavy (non-hydrogen) atoms. The lowest BCUT2D eigenvalue weighted by Gasteiger charge is -2.04. The van der Waals surface area contributed by atoms with Crippen molar-refractivity contribution in [2.75, 3.05) is 5.32 Å². The molecule has 5 nitrogen and oxygen atoms in total. The second kappa shape index (κ2) is 7.39. The van der Waals surface area contributed by atoms with Crippen LogP contribution in [-0.4, -0.2) is 22.8 Å². The molecule has 0 aliphatic carbocycles. The molecule has 3 rings (SSSR count). The Morgan fingerprint density at radius 2 is 2.00 bits per heavy atom. The summed E-state index contributed by atoms with van der Waals surface area (Å²) in [5.41, 5.74) is 2.07. The third-order valence-corrected chi connectivity index (χ3v) is 5.10. The van der Waals surface area contributed by atoms with Crippen LogP contribution in [0.3, 0.4) is 0 Å². The summed E-state index contributed by atoms with van der Waals surface area (Å²) < 4.78 is 0. The summed E-state index contributed by atoms with van der Waals surface area (Å²) in [5.74, 6) is 0.186. The fourth-order valence-electron chi connectivity index (χ4n) is 2.06. The van der Waals surface area contributed by atoms with Gasteiger partial charge in [-0.15, -0.1) is 11.3 Å². The smallest absolute Gasteiger partial charge is 0.162 e. The fourth-order valence-corrected chi connectivity index (χ4v) is 3.68. The Labute approximate surface area is 146 Å². The number of nitrogens with one attached hydrogen (secondary N) is 1. The van der Waals surface area contributed by atoms with Crippen molar-refractivity contribution in [1.29, 1.82) is 0 Å². The van der Waals surface area contributed by atoms with E-state index < -0.39 is 6.10 Å². The van der Waals surface area contributed by atoms with E-state index in [0.717, 1.165) is 17.5 Å². The molecule has 0 amide bonds. The molecule has 1 unspecified atom stereocenters. The minimum absolute atomic E-state index is 0.186. The number of carbonyl (C=O) groups excluding carboxylic acids is 1. The summed E-state index contributed by atoms with van der Waals surface area (Å²) in [4.78, 5) is 16.6. The number of aromatic hydroxyl groups is 1. The Morgan fingerprint density at radius 3 is 2.67 bits per heavy atom. The van der Waals surface area contributed by atoms with Crippen molar-refractivity contribution in [3.8, 4) is 5.75 Å². The minimum atomic E-state index is -0.756. The van der Waals surface area contributed by atoms with E-state index >= 15 is 0 Å². The van der Waals surface area contributed by atoms with E-state index in [1.807, 2.05) is 16.8 Å². The lowest BCUT2D eigenvalue weighted by atomic mass is 10.1. The van der Waals surface area contributed by atoms with Gasteiger partial charge in [-0.3, -0.25) is 4.79 Å². The van der Waals surface area contributed by atoms with Gasteiger partial charge in [-0.2, -0.15) is 11.3 Å². The van der Waals surface area contributed by atoms with Gasteiger partial charge in [-0.05, 0) is 52.7 Å². The monoisotopic (exact) mass is 358 g/mol. The molecule has 2 aromatic heterocycles. The first kappa shape index (κ1) is 16.4. The van der Waals surface area contributed by atoms with Gasteiger partial charge in [0.05, 0.1) is 16.9 Å². The molecular formula is C17H14N2O3S2. The average Bonchev–Trinajstić information content (AvgIpc) is 3.25. The standard InChI is InChI=1S/C17H14N2O3S2/c20-8-16-14(19-10-18-12-1-3-13(21)4-2-12)7-15(24-16)17(22)11-5-6-23-9-11/h1-10,17,21-22H,(H,18,19). The first-order valence-corrected chi connectivity index (χ1v) is 8.80.